The zero-order valence-corrected chi connectivity index (χ0v) is 25.0. The third-order valence-electron chi connectivity index (χ3n) is 6.96. The van der Waals surface area contributed by atoms with Crippen molar-refractivity contribution in [3.8, 4) is 11.5 Å². The zero-order valence-electron chi connectivity index (χ0n) is 24.2. The number of methoxy groups -OCH3 is 2. The van der Waals surface area contributed by atoms with Gasteiger partial charge in [0.15, 0.2) is 11.5 Å². The van der Waals surface area contributed by atoms with Crippen LogP contribution in [0.2, 0.25) is 0 Å². The van der Waals surface area contributed by atoms with Gasteiger partial charge in [0, 0.05) is 11.8 Å². The van der Waals surface area contributed by atoms with Gasteiger partial charge in [0.25, 0.3) is 5.91 Å². The van der Waals surface area contributed by atoms with Gasteiger partial charge >= 0.3 is 18.2 Å². The summed E-state index contributed by atoms with van der Waals surface area (Å²) in [6.07, 6.45) is -5.08. The van der Waals surface area contributed by atoms with Crippen molar-refractivity contribution in [3.05, 3.63) is 71.5 Å². The molecule has 1 heterocycles. The van der Waals surface area contributed by atoms with Gasteiger partial charge in [-0.15, -0.1) is 0 Å². The van der Waals surface area contributed by atoms with Crippen molar-refractivity contribution in [3.63, 3.8) is 0 Å². The molecule has 45 heavy (non-hydrogen) atoms. The fourth-order valence-corrected chi connectivity index (χ4v) is 5.06. The maximum atomic E-state index is 13.9. The second kappa shape index (κ2) is 11.9. The molecule has 1 aliphatic heterocycles. The number of benzene rings is 3. The number of hydrogen-bond donors (Lipinski definition) is 3. The molecule has 240 valence electrons. The van der Waals surface area contributed by atoms with E-state index in [0.717, 1.165) is 11.0 Å². The lowest BCUT2D eigenvalue weighted by atomic mass is 10.0. The largest absolute Gasteiger partial charge is 0.493 e. The maximum Gasteiger partial charge on any atom is 0.419 e. The van der Waals surface area contributed by atoms with Crippen LogP contribution in [0.5, 0.6) is 11.5 Å². The standard InChI is InChI=1S/C28H27F4N5O7S/c1-27(2)24(38)37(17-7-10-20(29)19(12-17)28(30,31)32)26(40)36(27)14-15-11-22(43-3)23(44-4)13-21(15)35-25(39)34-16-5-8-18(9-6-16)45(33,41)42/h5-13H,14H2,1-4H3,(H2,33,41,42)(H2,34,35,39). The van der Waals surface area contributed by atoms with Crippen molar-refractivity contribution >= 4 is 45.1 Å². The number of nitrogens with one attached hydrogen (secondary N) is 2. The number of alkyl halides is 3. The first kappa shape index (κ1) is 33.0. The van der Waals surface area contributed by atoms with Gasteiger partial charge in [-0.05, 0) is 67.9 Å². The Morgan fingerprint density at radius 2 is 1.56 bits per heavy atom. The number of sulfonamides is 1. The van der Waals surface area contributed by atoms with E-state index in [1.165, 1.54) is 64.5 Å². The van der Waals surface area contributed by atoms with E-state index in [4.69, 9.17) is 14.6 Å². The number of carbonyl (C=O) groups excluding carboxylic acids is 3. The lowest BCUT2D eigenvalue weighted by Crippen LogP contribution is -2.43. The Morgan fingerprint density at radius 3 is 2.11 bits per heavy atom. The molecule has 3 aromatic carbocycles. The maximum absolute atomic E-state index is 13.9. The van der Waals surface area contributed by atoms with Crippen LogP contribution in [0.1, 0.15) is 25.0 Å². The molecule has 1 saturated heterocycles. The fourth-order valence-electron chi connectivity index (χ4n) is 4.55. The Balaban J connectivity index is 1.67. The summed E-state index contributed by atoms with van der Waals surface area (Å²) in [5.74, 6) is -2.06. The average molecular weight is 654 g/mol. The smallest absolute Gasteiger partial charge is 0.419 e. The topological polar surface area (TPSA) is 160 Å². The van der Waals surface area contributed by atoms with E-state index < -0.39 is 56.8 Å². The number of rotatable bonds is 8. The van der Waals surface area contributed by atoms with Crippen LogP contribution in [0.3, 0.4) is 0 Å². The third-order valence-corrected chi connectivity index (χ3v) is 7.89. The number of imide groups is 1. The molecule has 17 heteroatoms. The predicted octanol–water partition coefficient (Wildman–Crippen LogP) is 4.90. The van der Waals surface area contributed by atoms with Crippen LogP contribution in [-0.4, -0.2) is 51.0 Å². The highest BCUT2D eigenvalue weighted by molar-refractivity contribution is 7.89. The summed E-state index contributed by atoms with van der Waals surface area (Å²) in [4.78, 5) is 41.3. The Hall–Kier alpha value is -4.90. The highest BCUT2D eigenvalue weighted by atomic mass is 32.2. The molecular formula is C28H27F4N5O7S. The lowest BCUT2D eigenvalue weighted by molar-refractivity contribution is -0.140. The van der Waals surface area contributed by atoms with E-state index in [1.807, 2.05) is 0 Å². The van der Waals surface area contributed by atoms with E-state index in [0.29, 0.717) is 17.0 Å². The Morgan fingerprint density at radius 1 is 0.956 bits per heavy atom. The number of nitrogens with two attached hydrogens (primary N) is 1. The fraction of sp³-hybridized carbons (Fsp3) is 0.250. The number of carbonyl (C=O) groups is 3. The van der Waals surface area contributed by atoms with Gasteiger partial charge in [-0.25, -0.2) is 32.4 Å². The molecule has 0 saturated carbocycles. The van der Waals surface area contributed by atoms with Crippen LogP contribution in [0.25, 0.3) is 0 Å². The summed E-state index contributed by atoms with van der Waals surface area (Å²) in [7, 11) is -1.27. The van der Waals surface area contributed by atoms with Crippen LogP contribution >= 0.6 is 0 Å². The van der Waals surface area contributed by atoms with Crippen molar-refractivity contribution in [1.82, 2.24) is 4.90 Å². The normalized spacial score (nSPS) is 14.9. The number of primary sulfonamides is 1. The first-order valence-electron chi connectivity index (χ1n) is 12.9. The Kier molecular flexibility index (Phi) is 8.72. The first-order chi connectivity index (χ1) is 20.9. The first-order valence-corrected chi connectivity index (χ1v) is 14.4. The molecule has 4 N–H and O–H groups in total. The van der Waals surface area contributed by atoms with E-state index in [1.54, 1.807) is 0 Å². The quantitative estimate of drug-likeness (QED) is 0.230. The van der Waals surface area contributed by atoms with Gasteiger partial charge in [-0.2, -0.15) is 13.2 Å². The van der Waals surface area contributed by atoms with Gasteiger partial charge in [-0.3, -0.25) is 4.79 Å². The zero-order chi connectivity index (χ0) is 33.5. The molecule has 3 aromatic rings. The van der Waals surface area contributed by atoms with E-state index in [2.05, 4.69) is 10.6 Å². The van der Waals surface area contributed by atoms with Gasteiger partial charge in [0.2, 0.25) is 10.0 Å². The van der Waals surface area contributed by atoms with E-state index in [9.17, 15) is 40.4 Å². The van der Waals surface area contributed by atoms with Crippen molar-refractivity contribution in [2.45, 2.75) is 37.0 Å². The minimum atomic E-state index is -5.08. The molecule has 1 aliphatic rings. The van der Waals surface area contributed by atoms with Crippen molar-refractivity contribution < 1.29 is 49.8 Å². The molecule has 5 amide bonds. The van der Waals surface area contributed by atoms with Crippen molar-refractivity contribution in [2.75, 3.05) is 29.8 Å². The van der Waals surface area contributed by atoms with E-state index in [-0.39, 0.29) is 39.9 Å². The second-order valence-corrected chi connectivity index (χ2v) is 11.8. The van der Waals surface area contributed by atoms with Crippen LogP contribution < -0.4 is 30.1 Å². The molecular weight excluding hydrogens is 626 g/mol. The molecule has 1 fully saturated rings. The lowest BCUT2D eigenvalue weighted by Gasteiger charge is -2.29. The van der Waals surface area contributed by atoms with Gasteiger partial charge in [0.1, 0.15) is 11.4 Å². The third kappa shape index (κ3) is 6.63. The Labute approximate surface area is 254 Å². The summed E-state index contributed by atoms with van der Waals surface area (Å²) >= 11 is 0. The summed E-state index contributed by atoms with van der Waals surface area (Å²) in [5, 5.41) is 10.2. The molecule has 0 spiro atoms. The number of halogens is 4. The number of amides is 5. The minimum Gasteiger partial charge on any atom is -0.493 e. The average Bonchev–Trinajstić information content (AvgIpc) is 3.11. The van der Waals surface area contributed by atoms with Crippen LogP contribution in [-0.2, 0) is 27.5 Å². The number of urea groups is 2. The molecule has 0 unspecified atom stereocenters. The number of ether oxygens (including phenoxy) is 2. The van der Waals surface area contributed by atoms with Crippen LogP contribution in [0, 0.1) is 5.82 Å². The summed E-state index contributed by atoms with van der Waals surface area (Å²) in [6, 6.07) is 7.83. The molecule has 0 aromatic heterocycles. The molecule has 4 rings (SSSR count). The summed E-state index contributed by atoms with van der Waals surface area (Å²) in [5.41, 5.74) is -3.18. The van der Waals surface area contributed by atoms with Crippen LogP contribution in [0.15, 0.2) is 59.5 Å². The SMILES string of the molecule is COc1cc(CN2C(=O)N(c3ccc(F)c(C(F)(F)F)c3)C(=O)C2(C)C)c(NC(=O)Nc2ccc(S(N)(=O)=O)cc2)cc1OC. The molecule has 0 aliphatic carbocycles. The predicted molar refractivity (Wildman–Crippen MR) is 154 cm³/mol. The van der Waals surface area contributed by atoms with E-state index >= 15 is 0 Å². The number of anilines is 3. The molecule has 12 nitrogen and oxygen atoms in total. The number of hydrogen-bond acceptors (Lipinski definition) is 7. The van der Waals surface area contributed by atoms with Gasteiger partial charge < -0.3 is 25.0 Å². The monoisotopic (exact) mass is 653 g/mol. The Bertz CT molecular complexity index is 1780. The number of nitrogens with zero attached hydrogens (tertiary/aromatic N) is 2. The van der Waals surface area contributed by atoms with Crippen molar-refractivity contribution in [2.24, 2.45) is 5.14 Å². The highest BCUT2D eigenvalue weighted by Crippen LogP contribution is 2.40. The summed E-state index contributed by atoms with van der Waals surface area (Å²) < 4.78 is 87.7. The minimum absolute atomic E-state index is 0.0990. The molecule has 0 bridgehead atoms. The molecule has 0 atom stereocenters. The van der Waals surface area contributed by atoms with Crippen molar-refractivity contribution in [1.29, 1.82) is 0 Å². The summed E-state index contributed by atoms with van der Waals surface area (Å²) in [6.45, 7) is 2.42. The second-order valence-electron chi connectivity index (χ2n) is 10.2. The van der Waals surface area contributed by atoms with Gasteiger partial charge in [0.05, 0.1) is 42.6 Å². The molecule has 0 radical (unpaired) electrons. The highest BCUT2D eigenvalue weighted by Gasteiger charge is 2.52. The van der Waals surface area contributed by atoms with Gasteiger partial charge in [-0.1, -0.05) is 0 Å². The van der Waals surface area contributed by atoms with Crippen LogP contribution in [0.4, 0.5) is 44.2 Å².